The Morgan fingerprint density at radius 3 is 2.84 bits per heavy atom. The molecule has 7 nitrogen and oxygen atoms in total. The lowest BCUT2D eigenvalue weighted by atomic mass is 10.1. The molecule has 1 aromatic carbocycles. The molecule has 0 spiro atoms. The Labute approximate surface area is 107 Å². The fourth-order valence-electron chi connectivity index (χ4n) is 1.96. The van der Waals surface area contributed by atoms with E-state index in [1.54, 1.807) is 6.20 Å². The van der Waals surface area contributed by atoms with Crippen molar-refractivity contribution in [3.8, 4) is 11.3 Å². The lowest BCUT2D eigenvalue weighted by Gasteiger charge is -2.02. The van der Waals surface area contributed by atoms with E-state index in [0.29, 0.717) is 5.82 Å². The quantitative estimate of drug-likeness (QED) is 0.462. The molecule has 0 saturated carbocycles. The topological polar surface area (TPSA) is 124 Å². The standard InChI is InChI=1S/C12H13N5O2/c13-4-10(18)11-14-5-9(15-11)6-1-2-7-8(3-6)17-12(19)16-7/h1-3,5,10,18H,4,13H2,(H,14,15)(H2,16,17,19). The van der Waals surface area contributed by atoms with Crippen molar-refractivity contribution in [2.75, 3.05) is 6.54 Å². The molecule has 3 aromatic rings. The zero-order valence-electron chi connectivity index (χ0n) is 9.97. The lowest BCUT2D eigenvalue weighted by molar-refractivity contribution is 0.177. The molecule has 0 fully saturated rings. The Hall–Kier alpha value is -2.38. The van der Waals surface area contributed by atoms with Gasteiger partial charge >= 0.3 is 5.69 Å². The van der Waals surface area contributed by atoms with Gasteiger partial charge in [0.1, 0.15) is 11.9 Å². The van der Waals surface area contributed by atoms with Crippen molar-refractivity contribution in [2.24, 2.45) is 5.73 Å². The van der Waals surface area contributed by atoms with E-state index < -0.39 is 6.10 Å². The van der Waals surface area contributed by atoms with Crippen molar-refractivity contribution in [1.29, 1.82) is 0 Å². The molecule has 1 unspecified atom stereocenters. The van der Waals surface area contributed by atoms with Gasteiger partial charge in [-0.05, 0) is 12.1 Å². The Morgan fingerprint density at radius 1 is 1.26 bits per heavy atom. The normalized spacial score (nSPS) is 12.9. The predicted octanol–water partition coefficient (Wildman–Crippen LogP) is 0.238. The number of aliphatic hydroxyl groups excluding tert-OH is 1. The third kappa shape index (κ3) is 2.05. The third-order valence-electron chi connectivity index (χ3n) is 2.96. The van der Waals surface area contributed by atoms with Gasteiger partial charge in [0, 0.05) is 12.1 Å². The van der Waals surface area contributed by atoms with Crippen molar-refractivity contribution >= 4 is 11.0 Å². The second-order valence-corrected chi connectivity index (χ2v) is 4.27. The van der Waals surface area contributed by atoms with Gasteiger partial charge in [-0.15, -0.1) is 0 Å². The van der Waals surface area contributed by atoms with Crippen molar-refractivity contribution < 1.29 is 5.11 Å². The summed E-state index contributed by atoms with van der Waals surface area (Å²) < 4.78 is 0. The maximum atomic E-state index is 11.2. The minimum Gasteiger partial charge on any atom is -0.384 e. The highest BCUT2D eigenvalue weighted by Crippen LogP contribution is 2.21. The number of fused-ring (bicyclic) bond motifs is 1. The molecule has 0 aliphatic carbocycles. The van der Waals surface area contributed by atoms with Crippen LogP contribution in [0.4, 0.5) is 0 Å². The molecule has 0 bridgehead atoms. The molecular weight excluding hydrogens is 246 g/mol. The fraction of sp³-hybridized carbons (Fsp3) is 0.167. The number of rotatable bonds is 3. The number of benzene rings is 1. The average Bonchev–Trinajstić information content (AvgIpc) is 3.01. The molecule has 0 saturated heterocycles. The third-order valence-corrected chi connectivity index (χ3v) is 2.96. The van der Waals surface area contributed by atoms with Gasteiger partial charge in [-0.2, -0.15) is 0 Å². The van der Waals surface area contributed by atoms with Gasteiger partial charge in [0.25, 0.3) is 0 Å². The molecule has 2 heterocycles. The van der Waals surface area contributed by atoms with Crippen LogP contribution < -0.4 is 11.4 Å². The number of hydrogen-bond acceptors (Lipinski definition) is 4. The molecule has 0 amide bonds. The first-order chi connectivity index (χ1) is 9.17. The summed E-state index contributed by atoms with van der Waals surface area (Å²) in [5.74, 6) is 0.431. The van der Waals surface area contributed by atoms with E-state index in [-0.39, 0.29) is 12.2 Å². The van der Waals surface area contributed by atoms with Crippen molar-refractivity contribution in [3.05, 3.63) is 40.7 Å². The summed E-state index contributed by atoms with van der Waals surface area (Å²) in [6.07, 6.45) is 0.824. The summed E-state index contributed by atoms with van der Waals surface area (Å²) in [5, 5.41) is 9.59. The summed E-state index contributed by atoms with van der Waals surface area (Å²) in [4.78, 5) is 23.7. The van der Waals surface area contributed by atoms with Crippen molar-refractivity contribution in [2.45, 2.75) is 6.10 Å². The average molecular weight is 259 g/mol. The number of H-pyrrole nitrogens is 3. The summed E-state index contributed by atoms with van der Waals surface area (Å²) in [7, 11) is 0. The molecule has 7 heteroatoms. The van der Waals surface area contributed by atoms with Crippen LogP contribution in [0.1, 0.15) is 11.9 Å². The van der Waals surface area contributed by atoms with Gasteiger partial charge in [0.15, 0.2) is 0 Å². The van der Waals surface area contributed by atoms with E-state index in [1.165, 1.54) is 0 Å². The van der Waals surface area contributed by atoms with Crippen LogP contribution in [-0.2, 0) is 0 Å². The Kier molecular flexibility index (Phi) is 2.69. The lowest BCUT2D eigenvalue weighted by Crippen LogP contribution is -2.12. The van der Waals surface area contributed by atoms with Gasteiger partial charge < -0.3 is 25.8 Å². The minimum atomic E-state index is -0.801. The van der Waals surface area contributed by atoms with E-state index in [2.05, 4.69) is 19.9 Å². The summed E-state index contributed by atoms with van der Waals surface area (Å²) in [5.41, 5.74) is 8.22. The summed E-state index contributed by atoms with van der Waals surface area (Å²) in [6.45, 7) is 0.108. The monoisotopic (exact) mass is 259 g/mol. The highest BCUT2D eigenvalue weighted by Gasteiger charge is 2.11. The van der Waals surface area contributed by atoms with Gasteiger partial charge in [0.2, 0.25) is 0 Å². The van der Waals surface area contributed by atoms with Gasteiger partial charge in [-0.3, -0.25) is 0 Å². The van der Waals surface area contributed by atoms with E-state index in [4.69, 9.17) is 5.73 Å². The van der Waals surface area contributed by atoms with Crippen LogP contribution >= 0.6 is 0 Å². The Bertz CT molecular complexity index is 770. The number of nitrogens with two attached hydrogens (primary N) is 1. The van der Waals surface area contributed by atoms with E-state index in [0.717, 1.165) is 22.3 Å². The molecule has 19 heavy (non-hydrogen) atoms. The van der Waals surface area contributed by atoms with Crippen LogP contribution in [0.5, 0.6) is 0 Å². The second-order valence-electron chi connectivity index (χ2n) is 4.27. The number of aromatic amines is 3. The van der Waals surface area contributed by atoms with Crippen molar-refractivity contribution in [3.63, 3.8) is 0 Å². The fourth-order valence-corrected chi connectivity index (χ4v) is 1.96. The maximum absolute atomic E-state index is 11.2. The molecular formula is C12H13N5O2. The Morgan fingerprint density at radius 2 is 2.05 bits per heavy atom. The molecule has 6 N–H and O–H groups in total. The SMILES string of the molecule is NCC(O)c1ncc(-c2ccc3[nH]c(=O)[nH]c3c2)[nH]1. The van der Waals surface area contributed by atoms with Crippen LogP contribution in [-0.4, -0.2) is 31.6 Å². The second kappa shape index (κ2) is 4.38. The minimum absolute atomic E-state index is 0.108. The Balaban J connectivity index is 2.03. The van der Waals surface area contributed by atoms with Gasteiger partial charge in [0.05, 0.1) is 22.9 Å². The number of nitrogens with zero attached hydrogens (tertiary/aromatic N) is 1. The van der Waals surface area contributed by atoms with Gasteiger partial charge in [-0.25, -0.2) is 9.78 Å². The molecule has 98 valence electrons. The van der Waals surface area contributed by atoms with E-state index >= 15 is 0 Å². The number of hydrogen-bond donors (Lipinski definition) is 5. The maximum Gasteiger partial charge on any atom is 0.323 e. The van der Waals surface area contributed by atoms with Crippen LogP contribution in [0.25, 0.3) is 22.3 Å². The summed E-state index contributed by atoms with van der Waals surface area (Å²) >= 11 is 0. The molecule has 1 atom stereocenters. The summed E-state index contributed by atoms with van der Waals surface area (Å²) in [6, 6.07) is 5.50. The number of aromatic nitrogens is 4. The highest BCUT2D eigenvalue weighted by atomic mass is 16.3. The number of nitrogens with one attached hydrogen (secondary N) is 3. The zero-order chi connectivity index (χ0) is 13.4. The van der Waals surface area contributed by atoms with Crippen LogP contribution in [0.2, 0.25) is 0 Å². The highest BCUT2D eigenvalue weighted by molar-refractivity contribution is 5.80. The number of aliphatic hydroxyl groups is 1. The van der Waals surface area contributed by atoms with Crippen LogP contribution in [0.15, 0.2) is 29.2 Å². The van der Waals surface area contributed by atoms with E-state index in [9.17, 15) is 9.90 Å². The molecule has 2 aromatic heterocycles. The van der Waals surface area contributed by atoms with Gasteiger partial charge in [-0.1, -0.05) is 6.07 Å². The van der Waals surface area contributed by atoms with Crippen LogP contribution in [0, 0.1) is 0 Å². The molecule has 3 rings (SSSR count). The van der Waals surface area contributed by atoms with Crippen LogP contribution in [0.3, 0.4) is 0 Å². The predicted molar refractivity (Wildman–Crippen MR) is 70.5 cm³/mol. The largest absolute Gasteiger partial charge is 0.384 e. The van der Waals surface area contributed by atoms with Crippen molar-refractivity contribution in [1.82, 2.24) is 19.9 Å². The first-order valence-electron chi connectivity index (χ1n) is 5.83. The first kappa shape index (κ1) is 11.7. The zero-order valence-corrected chi connectivity index (χ0v) is 9.97. The molecule has 0 aliphatic rings. The molecule has 0 radical (unpaired) electrons. The van der Waals surface area contributed by atoms with E-state index in [1.807, 2.05) is 18.2 Å². The number of imidazole rings is 2. The molecule has 0 aliphatic heterocycles. The first-order valence-corrected chi connectivity index (χ1v) is 5.83. The smallest absolute Gasteiger partial charge is 0.323 e.